The van der Waals surface area contributed by atoms with Crippen LogP contribution in [0.2, 0.25) is 0 Å². The van der Waals surface area contributed by atoms with Crippen molar-refractivity contribution in [1.82, 2.24) is 4.90 Å². The van der Waals surface area contributed by atoms with Crippen molar-refractivity contribution in [3.05, 3.63) is 35.6 Å². The van der Waals surface area contributed by atoms with Crippen LogP contribution in [-0.4, -0.2) is 24.5 Å². The van der Waals surface area contributed by atoms with Gasteiger partial charge < -0.3 is 5.73 Å². The van der Waals surface area contributed by atoms with E-state index in [1.165, 1.54) is 30.5 Å². The second-order valence-corrected chi connectivity index (χ2v) is 4.97. The highest BCUT2D eigenvalue weighted by molar-refractivity contribution is 5.19. The van der Waals surface area contributed by atoms with Gasteiger partial charge in [-0.15, -0.1) is 0 Å². The Labute approximate surface area is 103 Å². The van der Waals surface area contributed by atoms with Gasteiger partial charge in [0.05, 0.1) is 0 Å². The summed E-state index contributed by atoms with van der Waals surface area (Å²) < 4.78 is 12.9. The quantitative estimate of drug-likeness (QED) is 0.874. The van der Waals surface area contributed by atoms with Gasteiger partial charge in [0.1, 0.15) is 5.82 Å². The van der Waals surface area contributed by atoms with Gasteiger partial charge in [0, 0.05) is 12.6 Å². The number of hydrogen-bond donors (Lipinski definition) is 1. The fourth-order valence-electron chi connectivity index (χ4n) is 2.59. The largest absolute Gasteiger partial charge is 0.330 e. The fraction of sp³-hybridized carbons (Fsp3) is 0.571. The minimum Gasteiger partial charge on any atom is -0.330 e. The van der Waals surface area contributed by atoms with Gasteiger partial charge in [-0.1, -0.05) is 12.1 Å². The second kappa shape index (κ2) is 5.61. The van der Waals surface area contributed by atoms with Crippen molar-refractivity contribution < 1.29 is 4.39 Å². The van der Waals surface area contributed by atoms with Crippen molar-refractivity contribution in [2.24, 2.45) is 11.7 Å². The number of likely N-dealkylation sites (tertiary alicyclic amines) is 1. The van der Waals surface area contributed by atoms with Crippen molar-refractivity contribution in [1.29, 1.82) is 0 Å². The van der Waals surface area contributed by atoms with Crippen LogP contribution in [0.1, 0.15) is 31.4 Å². The number of benzene rings is 1. The first-order chi connectivity index (χ1) is 8.20. The van der Waals surface area contributed by atoms with E-state index in [9.17, 15) is 4.39 Å². The average molecular weight is 236 g/mol. The number of halogens is 1. The molecule has 3 heteroatoms. The molecule has 1 aliphatic heterocycles. The maximum Gasteiger partial charge on any atom is 0.123 e. The highest BCUT2D eigenvalue weighted by Crippen LogP contribution is 2.26. The summed E-state index contributed by atoms with van der Waals surface area (Å²) in [5.74, 6) is 0.450. The summed E-state index contributed by atoms with van der Waals surface area (Å²) in [6, 6.07) is 7.19. The first kappa shape index (κ1) is 12.5. The van der Waals surface area contributed by atoms with Crippen molar-refractivity contribution in [2.75, 3.05) is 19.6 Å². The maximum absolute atomic E-state index is 12.9. The SMILES string of the molecule is CC(c1ccc(F)cc1)N1CCCC(CN)C1. The predicted octanol–water partition coefficient (Wildman–Crippen LogP) is 2.56. The molecule has 1 heterocycles. The minimum absolute atomic E-state index is 0.167. The standard InChI is InChI=1S/C14H21FN2/c1-11(13-4-6-14(15)7-5-13)17-8-2-3-12(9-16)10-17/h4-7,11-12H,2-3,8-10,16H2,1H3. The molecule has 0 spiro atoms. The third-order valence-electron chi connectivity index (χ3n) is 3.78. The Morgan fingerprint density at radius 3 is 2.76 bits per heavy atom. The summed E-state index contributed by atoms with van der Waals surface area (Å²) >= 11 is 0. The molecule has 1 aromatic carbocycles. The van der Waals surface area contributed by atoms with Crippen LogP contribution < -0.4 is 5.73 Å². The highest BCUT2D eigenvalue weighted by atomic mass is 19.1. The molecule has 17 heavy (non-hydrogen) atoms. The van der Waals surface area contributed by atoms with Crippen LogP contribution >= 0.6 is 0 Å². The topological polar surface area (TPSA) is 29.3 Å². The predicted molar refractivity (Wildman–Crippen MR) is 68.2 cm³/mol. The Morgan fingerprint density at radius 2 is 2.12 bits per heavy atom. The van der Waals surface area contributed by atoms with E-state index in [2.05, 4.69) is 11.8 Å². The Kier molecular flexibility index (Phi) is 4.13. The Balaban J connectivity index is 2.03. The molecule has 0 radical (unpaired) electrons. The summed E-state index contributed by atoms with van der Waals surface area (Å²) in [6.45, 7) is 5.14. The zero-order chi connectivity index (χ0) is 12.3. The molecule has 94 valence electrons. The molecule has 1 aromatic rings. The molecule has 1 saturated heterocycles. The number of nitrogens with two attached hydrogens (primary N) is 1. The van der Waals surface area contributed by atoms with Crippen LogP contribution in [-0.2, 0) is 0 Å². The molecule has 0 aliphatic carbocycles. The average Bonchev–Trinajstić information content (AvgIpc) is 2.39. The Bertz CT molecular complexity index is 350. The van der Waals surface area contributed by atoms with Crippen molar-refractivity contribution in [2.45, 2.75) is 25.8 Å². The van der Waals surface area contributed by atoms with Crippen molar-refractivity contribution in [3.8, 4) is 0 Å². The second-order valence-electron chi connectivity index (χ2n) is 4.97. The summed E-state index contributed by atoms with van der Waals surface area (Å²) in [6.07, 6.45) is 2.45. The van der Waals surface area contributed by atoms with Gasteiger partial charge in [-0.2, -0.15) is 0 Å². The van der Waals surface area contributed by atoms with E-state index in [1.807, 2.05) is 12.1 Å². The molecule has 2 N–H and O–H groups in total. The first-order valence-electron chi connectivity index (χ1n) is 6.40. The van der Waals surface area contributed by atoms with E-state index >= 15 is 0 Å². The fourth-order valence-corrected chi connectivity index (χ4v) is 2.59. The molecular formula is C14H21FN2. The van der Waals surface area contributed by atoms with E-state index in [4.69, 9.17) is 5.73 Å². The first-order valence-corrected chi connectivity index (χ1v) is 6.40. The Hall–Kier alpha value is -0.930. The van der Waals surface area contributed by atoms with Crippen LogP contribution in [0.4, 0.5) is 4.39 Å². The van der Waals surface area contributed by atoms with E-state index in [0.717, 1.165) is 19.6 Å². The lowest BCUT2D eigenvalue weighted by atomic mass is 9.95. The van der Waals surface area contributed by atoms with Crippen molar-refractivity contribution in [3.63, 3.8) is 0 Å². The van der Waals surface area contributed by atoms with Crippen molar-refractivity contribution >= 4 is 0 Å². The zero-order valence-corrected chi connectivity index (χ0v) is 10.4. The summed E-state index contributed by atoms with van der Waals surface area (Å²) in [4.78, 5) is 2.45. The number of piperidine rings is 1. The van der Waals surface area contributed by atoms with Gasteiger partial charge in [0.25, 0.3) is 0 Å². The Morgan fingerprint density at radius 1 is 1.41 bits per heavy atom. The maximum atomic E-state index is 12.9. The molecule has 1 aliphatic rings. The zero-order valence-electron chi connectivity index (χ0n) is 10.4. The van der Waals surface area contributed by atoms with Gasteiger partial charge in [-0.05, 0) is 56.5 Å². The molecule has 2 rings (SSSR count). The number of nitrogens with zero attached hydrogens (tertiary/aromatic N) is 1. The molecule has 0 amide bonds. The van der Waals surface area contributed by atoms with Gasteiger partial charge in [-0.3, -0.25) is 4.90 Å². The summed E-state index contributed by atoms with van der Waals surface area (Å²) in [7, 11) is 0. The molecule has 2 unspecified atom stereocenters. The molecule has 0 saturated carbocycles. The molecule has 0 bridgehead atoms. The van der Waals surface area contributed by atoms with Crippen LogP contribution in [0.5, 0.6) is 0 Å². The minimum atomic E-state index is -0.167. The number of hydrogen-bond acceptors (Lipinski definition) is 2. The van der Waals surface area contributed by atoms with Gasteiger partial charge in [0.15, 0.2) is 0 Å². The third-order valence-corrected chi connectivity index (χ3v) is 3.78. The summed E-state index contributed by atoms with van der Waals surface area (Å²) in [5, 5.41) is 0. The van der Waals surface area contributed by atoms with Gasteiger partial charge >= 0.3 is 0 Å². The third kappa shape index (κ3) is 3.05. The smallest absolute Gasteiger partial charge is 0.123 e. The van der Waals surface area contributed by atoms with E-state index in [0.29, 0.717) is 12.0 Å². The van der Waals surface area contributed by atoms with Crippen LogP contribution in [0.3, 0.4) is 0 Å². The normalized spacial score (nSPS) is 23.6. The van der Waals surface area contributed by atoms with Crippen LogP contribution in [0.25, 0.3) is 0 Å². The van der Waals surface area contributed by atoms with E-state index in [-0.39, 0.29) is 5.82 Å². The molecular weight excluding hydrogens is 215 g/mol. The summed E-state index contributed by atoms with van der Waals surface area (Å²) in [5.41, 5.74) is 6.93. The monoisotopic (exact) mass is 236 g/mol. The molecule has 1 fully saturated rings. The van der Waals surface area contributed by atoms with Gasteiger partial charge in [-0.25, -0.2) is 4.39 Å². The lowest BCUT2D eigenvalue weighted by Gasteiger charge is -2.36. The number of rotatable bonds is 3. The van der Waals surface area contributed by atoms with Crippen LogP contribution in [0.15, 0.2) is 24.3 Å². The van der Waals surface area contributed by atoms with Crippen LogP contribution in [0, 0.1) is 11.7 Å². The van der Waals surface area contributed by atoms with E-state index < -0.39 is 0 Å². The molecule has 2 atom stereocenters. The lowest BCUT2D eigenvalue weighted by molar-refractivity contribution is 0.134. The van der Waals surface area contributed by atoms with Gasteiger partial charge in [0.2, 0.25) is 0 Å². The lowest BCUT2D eigenvalue weighted by Crippen LogP contribution is -2.39. The molecule has 2 nitrogen and oxygen atoms in total. The highest BCUT2D eigenvalue weighted by Gasteiger charge is 2.23. The molecule has 0 aromatic heterocycles. The van der Waals surface area contributed by atoms with E-state index in [1.54, 1.807) is 0 Å².